The highest BCUT2D eigenvalue weighted by Crippen LogP contribution is 2.39. The van der Waals surface area contributed by atoms with Crippen LogP contribution in [0.2, 0.25) is 5.02 Å². The van der Waals surface area contributed by atoms with Gasteiger partial charge in [-0.05, 0) is 36.4 Å². The van der Waals surface area contributed by atoms with E-state index in [9.17, 15) is 23.7 Å². The minimum absolute atomic E-state index is 0.0357. The Hall–Kier alpha value is -2.49. The Bertz CT molecular complexity index is 1010. The van der Waals surface area contributed by atoms with Gasteiger partial charge in [0.25, 0.3) is 10.0 Å². The molecule has 0 unspecified atom stereocenters. The van der Waals surface area contributed by atoms with Crippen LogP contribution in [0.5, 0.6) is 17.2 Å². The summed E-state index contributed by atoms with van der Waals surface area (Å²) >= 11 is 6.78. The molecule has 0 amide bonds. The number of thiazole rings is 1. The van der Waals surface area contributed by atoms with Crippen LogP contribution in [0, 0.1) is 0 Å². The summed E-state index contributed by atoms with van der Waals surface area (Å²) in [4.78, 5) is 4.15. The number of phenols is 3. The summed E-state index contributed by atoms with van der Waals surface area (Å²) in [7, 11) is -3.82. The van der Waals surface area contributed by atoms with Crippen molar-refractivity contribution in [1.82, 2.24) is 4.98 Å². The van der Waals surface area contributed by atoms with E-state index < -0.39 is 27.3 Å². The van der Waals surface area contributed by atoms with Gasteiger partial charge in [0.05, 0.1) is 10.6 Å². The predicted octanol–water partition coefficient (Wildman–Crippen LogP) is 3.38. The zero-order valence-electron chi connectivity index (χ0n) is 12.3. The summed E-state index contributed by atoms with van der Waals surface area (Å²) < 4.78 is 27.0. The first-order valence-electron chi connectivity index (χ1n) is 6.75. The molecule has 0 saturated heterocycles. The van der Waals surface area contributed by atoms with Gasteiger partial charge in [-0.2, -0.15) is 0 Å². The fraction of sp³-hybridized carbons (Fsp3) is 0. The molecule has 0 aliphatic rings. The van der Waals surface area contributed by atoms with Crippen molar-refractivity contribution in [2.24, 2.45) is 0 Å². The highest BCUT2D eigenvalue weighted by atomic mass is 35.5. The molecule has 130 valence electrons. The van der Waals surface area contributed by atoms with Gasteiger partial charge in [0.2, 0.25) is 0 Å². The molecule has 3 aromatic rings. The molecular weight excluding hydrogens is 388 g/mol. The van der Waals surface area contributed by atoms with Crippen molar-refractivity contribution in [1.29, 1.82) is 0 Å². The summed E-state index contributed by atoms with van der Waals surface area (Å²) in [6.07, 6.45) is 0. The number of rotatable bonds is 4. The molecular formula is C15H11ClN2O5S2. The number of hydrogen-bond donors (Lipinski definition) is 4. The smallest absolute Gasteiger partial charge is 0.263 e. The maximum atomic E-state index is 12.3. The second-order valence-electron chi connectivity index (χ2n) is 4.96. The van der Waals surface area contributed by atoms with Gasteiger partial charge in [-0.15, -0.1) is 11.3 Å². The molecule has 0 aliphatic heterocycles. The van der Waals surface area contributed by atoms with Gasteiger partial charge in [0.15, 0.2) is 22.4 Å². The van der Waals surface area contributed by atoms with Gasteiger partial charge in [0, 0.05) is 16.0 Å². The summed E-state index contributed by atoms with van der Waals surface area (Å²) in [6, 6.07) is 8.09. The second kappa shape index (κ2) is 6.43. The van der Waals surface area contributed by atoms with Gasteiger partial charge < -0.3 is 15.3 Å². The lowest BCUT2D eigenvalue weighted by Crippen LogP contribution is -2.12. The topological polar surface area (TPSA) is 120 Å². The molecule has 0 saturated carbocycles. The van der Waals surface area contributed by atoms with E-state index >= 15 is 0 Å². The van der Waals surface area contributed by atoms with E-state index in [0.29, 0.717) is 16.3 Å². The zero-order valence-corrected chi connectivity index (χ0v) is 14.7. The van der Waals surface area contributed by atoms with E-state index in [0.717, 1.165) is 11.3 Å². The largest absolute Gasteiger partial charge is 0.504 e. The summed E-state index contributed by atoms with van der Waals surface area (Å²) in [5.41, 5.74) is 0.644. The molecule has 0 aliphatic carbocycles. The fourth-order valence-electron chi connectivity index (χ4n) is 1.99. The van der Waals surface area contributed by atoms with Crippen LogP contribution < -0.4 is 4.72 Å². The Kier molecular flexibility index (Phi) is 4.46. The number of hydrogen-bond acceptors (Lipinski definition) is 7. The second-order valence-corrected chi connectivity index (χ2v) is 7.94. The average molecular weight is 399 g/mol. The van der Waals surface area contributed by atoms with Crippen LogP contribution in [0.25, 0.3) is 11.3 Å². The van der Waals surface area contributed by atoms with Gasteiger partial charge in [-0.1, -0.05) is 11.6 Å². The van der Waals surface area contributed by atoms with E-state index in [4.69, 9.17) is 11.6 Å². The van der Waals surface area contributed by atoms with Crippen molar-refractivity contribution in [3.05, 3.63) is 46.8 Å². The van der Waals surface area contributed by atoms with Crippen molar-refractivity contribution >= 4 is 38.1 Å². The summed E-state index contributed by atoms with van der Waals surface area (Å²) in [5, 5.41) is 30.5. The molecule has 2 aromatic carbocycles. The minimum atomic E-state index is -3.82. The highest BCUT2D eigenvalue weighted by Gasteiger charge is 2.17. The minimum Gasteiger partial charge on any atom is -0.504 e. The van der Waals surface area contributed by atoms with Crippen LogP contribution in [0.15, 0.2) is 46.7 Å². The predicted molar refractivity (Wildman–Crippen MR) is 94.8 cm³/mol. The molecule has 1 heterocycles. The highest BCUT2D eigenvalue weighted by molar-refractivity contribution is 7.93. The van der Waals surface area contributed by atoms with Gasteiger partial charge in [-0.25, -0.2) is 13.4 Å². The van der Waals surface area contributed by atoms with Crippen molar-refractivity contribution in [2.75, 3.05) is 4.72 Å². The maximum Gasteiger partial charge on any atom is 0.263 e. The maximum absolute atomic E-state index is 12.3. The number of sulfonamides is 1. The standard InChI is InChI=1S/C15H11ClN2O5S2/c16-9-1-3-10(4-2-9)25(22,23)18-15-17-11(7-24-15)8-5-12(19)14(21)13(20)6-8/h1-7,19-21H,(H,17,18). The molecule has 0 atom stereocenters. The van der Waals surface area contributed by atoms with Crippen molar-refractivity contribution in [3.63, 3.8) is 0 Å². The zero-order chi connectivity index (χ0) is 18.2. The van der Waals surface area contributed by atoms with E-state index in [1.54, 1.807) is 5.38 Å². The lowest BCUT2D eigenvalue weighted by atomic mass is 10.1. The summed E-state index contributed by atoms with van der Waals surface area (Å²) in [5.74, 6) is -1.65. The van der Waals surface area contributed by atoms with Gasteiger partial charge in [-0.3, -0.25) is 4.72 Å². The van der Waals surface area contributed by atoms with E-state index in [2.05, 4.69) is 9.71 Å². The third kappa shape index (κ3) is 3.63. The third-order valence-corrected chi connectivity index (χ3v) is 5.71. The molecule has 0 spiro atoms. The number of anilines is 1. The molecule has 0 radical (unpaired) electrons. The Morgan fingerprint density at radius 1 is 1.04 bits per heavy atom. The lowest BCUT2D eigenvalue weighted by molar-refractivity contribution is 0.368. The van der Waals surface area contributed by atoms with Crippen molar-refractivity contribution in [2.45, 2.75) is 4.90 Å². The Balaban J connectivity index is 1.88. The van der Waals surface area contributed by atoms with Crippen LogP contribution in [-0.4, -0.2) is 28.7 Å². The first-order chi connectivity index (χ1) is 11.8. The van der Waals surface area contributed by atoms with Crippen LogP contribution in [0.4, 0.5) is 5.13 Å². The number of phenolic OH excluding ortho intramolecular Hbond substituents is 3. The number of aromatic nitrogens is 1. The average Bonchev–Trinajstić information content (AvgIpc) is 3.00. The van der Waals surface area contributed by atoms with Gasteiger partial charge in [0.1, 0.15) is 0 Å². The first kappa shape index (κ1) is 17.3. The number of benzene rings is 2. The summed E-state index contributed by atoms with van der Waals surface area (Å²) in [6.45, 7) is 0. The Labute approximate surface area is 151 Å². The number of nitrogens with one attached hydrogen (secondary N) is 1. The lowest BCUT2D eigenvalue weighted by Gasteiger charge is -2.05. The molecule has 7 nitrogen and oxygen atoms in total. The number of halogens is 1. The van der Waals surface area contributed by atoms with Crippen molar-refractivity contribution < 1.29 is 23.7 Å². The quantitative estimate of drug-likeness (QED) is 0.500. The van der Waals surface area contributed by atoms with E-state index in [1.165, 1.54) is 36.4 Å². The number of aromatic hydroxyl groups is 3. The molecule has 1 aromatic heterocycles. The molecule has 3 rings (SSSR count). The fourth-order valence-corrected chi connectivity index (χ4v) is 4.09. The van der Waals surface area contributed by atoms with Gasteiger partial charge >= 0.3 is 0 Å². The van der Waals surface area contributed by atoms with E-state index in [1.807, 2.05) is 0 Å². The normalized spacial score (nSPS) is 11.4. The Morgan fingerprint density at radius 2 is 1.64 bits per heavy atom. The first-order valence-corrected chi connectivity index (χ1v) is 9.49. The number of nitrogens with zero attached hydrogens (tertiary/aromatic N) is 1. The van der Waals surface area contributed by atoms with Crippen LogP contribution in [-0.2, 0) is 10.0 Å². The molecule has 25 heavy (non-hydrogen) atoms. The van der Waals surface area contributed by atoms with E-state index in [-0.39, 0.29) is 10.0 Å². The van der Waals surface area contributed by atoms with Crippen LogP contribution in [0.3, 0.4) is 0 Å². The van der Waals surface area contributed by atoms with Crippen molar-refractivity contribution in [3.8, 4) is 28.5 Å². The van der Waals surface area contributed by atoms with Crippen LogP contribution in [0.1, 0.15) is 0 Å². The SMILES string of the molecule is O=S(=O)(Nc1nc(-c2cc(O)c(O)c(O)c2)cs1)c1ccc(Cl)cc1. The molecule has 10 heteroatoms. The third-order valence-electron chi connectivity index (χ3n) is 3.22. The molecule has 4 N–H and O–H groups in total. The molecule has 0 bridgehead atoms. The molecule has 0 fully saturated rings. The monoisotopic (exact) mass is 398 g/mol. The Morgan fingerprint density at radius 3 is 2.24 bits per heavy atom. The van der Waals surface area contributed by atoms with Crippen LogP contribution >= 0.6 is 22.9 Å².